The van der Waals surface area contributed by atoms with Gasteiger partial charge in [-0.2, -0.15) is 0 Å². The zero-order valence-electron chi connectivity index (χ0n) is 9.33. The number of hydrogen-bond donors (Lipinski definition) is 1. The molecule has 82 valence electrons. The maximum absolute atomic E-state index is 5.55. The predicted molar refractivity (Wildman–Crippen MR) is 64.2 cm³/mol. The first-order chi connectivity index (χ1) is 7.29. The first-order valence-corrected chi connectivity index (χ1v) is 5.32. The van der Waals surface area contributed by atoms with E-state index in [4.69, 9.17) is 4.74 Å². The van der Waals surface area contributed by atoms with Crippen molar-refractivity contribution in [2.45, 2.75) is 13.3 Å². The van der Waals surface area contributed by atoms with Crippen LogP contribution in [0.3, 0.4) is 0 Å². The van der Waals surface area contributed by atoms with Crippen molar-refractivity contribution in [3.05, 3.63) is 42.5 Å². The maximum atomic E-state index is 5.55. The quantitative estimate of drug-likeness (QED) is 0.546. The van der Waals surface area contributed by atoms with Gasteiger partial charge in [0.25, 0.3) is 0 Å². The van der Waals surface area contributed by atoms with Gasteiger partial charge in [-0.15, -0.1) is 0 Å². The Morgan fingerprint density at radius 1 is 1.33 bits per heavy atom. The van der Waals surface area contributed by atoms with Crippen molar-refractivity contribution in [3.63, 3.8) is 0 Å². The van der Waals surface area contributed by atoms with Gasteiger partial charge >= 0.3 is 0 Å². The van der Waals surface area contributed by atoms with Crippen LogP contribution in [0.4, 0.5) is 0 Å². The molecule has 2 heteroatoms. The van der Waals surface area contributed by atoms with Gasteiger partial charge in [0.05, 0.1) is 6.61 Å². The molecule has 0 unspecified atom stereocenters. The van der Waals surface area contributed by atoms with Crippen LogP contribution in [0.2, 0.25) is 0 Å². The van der Waals surface area contributed by atoms with Crippen molar-refractivity contribution >= 4 is 0 Å². The molecule has 0 bridgehead atoms. The molecular weight excluding hydrogens is 186 g/mol. The van der Waals surface area contributed by atoms with E-state index in [9.17, 15) is 0 Å². The highest BCUT2D eigenvalue weighted by molar-refractivity contribution is 5.20. The lowest BCUT2D eigenvalue weighted by Crippen LogP contribution is -2.19. The van der Waals surface area contributed by atoms with Crippen molar-refractivity contribution < 1.29 is 4.74 Å². The summed E-state index contributed by atoms with van der Waals surface area (Å²) in [5, 5.41) is 3.29. The van der Waals surface area contributed by atoms with Crippen molar-refractivity contribution in [1.29, 1.82) is 0 Å². The zero-order chi connectivity index (χ0) is 10.9. The van der Waals surface area contributed by atoms with Gasteiger partial charge in [0.2, 0.25) is 0 Å². The maximum Gasteiger partial charge on any atom is 0.119 e. The van der Waals surface area contributed by atoms with Crippen LogP contribution in [0.1, 0.15) is 13.3 Å². The molecule has 1 aromatic carbocycles. The highest BCUT2D eigenvalue weighted by Crippen LogP contribution is 2.07. The Bertz CT molecular complexity index is 282. The number of rotatable bonds is 7. The average molecular weight is 205 g/mol. The summed E-state index contributed by atoms with van der Waals surface area (Å²) in [7, 11) is 0. The van der Waals surface area contributed by atoms with Crippen LogP contribution >= 0.6 is 0 Å². The molecule has 0 saturated heterocycles. The van der Waals surface area contributed by atoms with E-state index in [2.05, 4.69) is 11.9 Å². The number of hydrogen-bond acceptors (Lipinski definition) is 2. The summed E-state index contributed by atoms with van der Waals surface area (Å²) >= 11 is 0. The van der Waals surface area contributed by atoms with Gasteiger partial charge in [-0.1, -0.05) is 30.4 Å². The number of nitrogens with one attached hydrogen (secondary N) is 1. The standard InChI is InChI=1S/C13H19NO/c1-12(2)11-14-9-6-10-15-13-7-4-3-5-8-13/h3-5,7-8,14H,1,6,9-11H2,2H3. The van der Waals surface area contributed by atoms with Gasteiger partial charge in [0.1, 0.15) is 5.75 Å². The lowest BCUT2D eigenvalue weighted by atomic mass is 10.3. The van der Waals surface area contributed by atoms with Gasteiger partial charge in [0, 0.05) is 6.54 Å². The Morgan fingerprint density at radius 2 is 2.07 bits per heavy atom. The van der Waals surface area contributed by atoms with Gasteiger partial charge in [-0.25, -0.2) is 0 Å². The van der Waals surface area contributed by atoms with E-state index in [1.54, 1.807) is 0 Å². The topological polar surface area (TPSA) is 21.3 Å². The molecule has 0 heterocycles. The summed E-state index contributed by atoms with van der Waals surface area (Å²) in [6, 6.07) is 9.90. The van der Waals surface area contributed by atoms with Crippen molar-refractivity contribution in [2.75, 3.05) is 19.7 Å². The second-order valence-corrected chi connectivity index (χ2v) is 3.65. The van der Waals surface area contributed by atoms with Crippen LogP contribution < -0.4 is 10.1 Å². The Hall–Kier alpha value is -1.28. The summed E-state index contributed by atoms with van der Waals surface area (Å²) in [4.78, 5) is 0. The molecule has 0 aromatic heterocycles. The highest BCUT2D eigenvalue weighted by Gasteiger charge is 1.91. The Morgan fingerprint density at radius 3 is 2.73 bits per heavy atom. The number of para-hydroxylation sites is 1. The molecule has 0 fully saturated rings. The first-order valence-electron chi connectivity index (χ1n) is 5.32. The van der Waals surface area contributed by atoms with E-state index >= 15 is 0 Å². The molecule has 0 aliphatic rings. The smallest absolute Gasteiger partial charge is 0.119 e. The summed E-state index contributed by atoms with van der Waals surface area (Å²) in [6.45, 7) is 8.47. The van der Waals surface area contributed by atoms with Crippen LogP contribution in [0.5, 0.6) is 5.75 Å². The summed E-state index contributed by atoms with van der Waals surface area (Å²) in [5.41, 5.74) is 1.17. The van der Waals surface area contributed by atoms with E-state index in [0.29, 0.717) is 0 Å². The van der Waals surface area contributed by atoms with Gasteiger partial charge in [-0.05, 0) is 32.0 Å². The normalized spacial score (nSPS) is 9.93. The second-order valence-electron chi connectivity index (χ2n) is 3.65. The Labute approximate surface area is 92.0 Å². The number of ether oxygens (including phenoxy) is 1. The third kappa shape index (κ3) is 5.92. The Balaban J connectivity index is 2.00. The predicted octanol–water partition coefficient (Wildman–Crippen LogP) is 2.62. The molecule has 0 saturated carbocycles. The molecular formula is C13H19NO. The lowest BCUT2D eigenvalue weighted by Gasteiger charge is -2.06. The molecule has 0 aliphatic carbocycles. The van der Waals surface area contributed by atoms with Crippen LogP contribution in [0.25, 0.3) is 0 Å². The summed E-state index contributed by atoms with van der Waals surface area (Å²) in [5.74, 6) is 0.942. The summed E-state index contributed by atoms with van der Waals surface area (Å²) in [6.07, 6.45) is 1.02. The van der Waals surface area contributed by atoms with Gasteiger partial charge in [0.15, 0.2) is 0 Å². The molecule has 1 rings (SSSR count). The third-order valence-corrected chi connectivity index (χ3v) is 1.94. The van der Waals surface area contributed by atoms with Crippen molar-refractivity contribution in [2.24, 2.45) is 0 Å². The van der Waals surface area contributed by atoms with Gasteiger partial charge < -0.3 is 10.1 Å². The average Bonchev–Trinajstić information content (AvgIpc) is 2.24. The van der Waals surface area contributed by atoms with E-state index < -0.39 is 0 Å². The molecule has 0 amide bonds. The molecule has 0 atom stereocenters. The summed E-state index contributed by atoms with van der Waals surface area (Å²) < 4.78 is 5.55. The highest BCUT2D eigenvalue weighted by atomic mass is 16.5. The molecule has 1 N–H and O–H groups in total. The van der Waals surface area contributed by atoms with Gasteiger partial charge in [-0.3, -0.25) is 0 Å². The van der Waals surface area contributed by atoms with Crippen LogP contribution in [-0.2, 0) is 0 Å². The first kappa shape index (κ1) is 11.8. The molecule has 0 radical (unpaired) electrons. The molecule has 2 nitrogen and oxygen atoms in total. The third-order valence-electron chi connectivity index (χ3n) is 1.94. The van der Waals surface area contributed by atoms with Crippen molar-refractivity contribution in [3.8, 4) is 5.75 Å². The minimum Gasteiger partial charge on any atom is -0.494 e. The molecule has 0 spiro atoms. The minimum absolute atomic E-state index is 0.757. The largest absolute Gasteiger partial charge is 0.494 e. The lowest BCUT2D eigenvalue weighted by molar-refractivity contribution is 0.309. The monoisotopic (exact) mass is 205 g/mol. The Kier molecular flexibility index (Phi) is 5.56. The van der Waals surface area contributed by atoms with E-state index in [1.165, 1.54) is 5.57 Å². The van der Waals surface area contributed by atoms with Crippen LogP contribution in [0.15, 0.2) is 42.5 Å². The molecule has 1 aromatic rings. The fourth-order valence-corrected chi connectivity index (χ4v) is 1.21. The fraction of sp³-hybridized carbons (Fsp3) is 0.385. The second kappa shape index (κ2) is 7.07. The van der Waals surface area contributed by atoms with Crippen molar-refractivity contribution in [1.82, 2.24) is 5.32 Å². The zero-order valence-corrected chi connectivity index (χ0v) is 9.33. The van der Waals surface area contributed by atoms with E-state index in [0.717, 1.165) is 31.9 Å². The van der Waals surface area contributed by atoms with Crippen LogP contribution in [0, 0.1) is 0 Å². The number of benzene rings is 1. The SMILES string of the molecule is C=C(C)CNCCCOc1ccccc1. The van der Waals surface area contributed by atoms with Crippen LogP contribution in [-0.4, -0.2) is 19.7 Å². The molecule has 15 heavy (non-hydrogen) atoms. The minimum atomic E-state index is 0.757. The fourth-order valence-electron chi connectivity index (χ4n) is 1.21. The molecule has 0 aliphatic heterocycles. The van der Waals surface area contributed by atoms with E-state index in [1.807, 2.05) is 37.3 Å². The van der Waals surface area contributed by atoms with E-state index in [-0.39, 0.29) is 0 Å².